The van der Waals surface area contributed by atoms with E-state index >= 15 is 0 Å². The van der Waals surface area contributed by atoms with Gasteiger partial charge in [-0.05, 0) is 37.6 Å². The molecule has 0 spiro atoms. The second kappa shape index (κ2) is 6.01. The van der Waals surface area contributed by atoms with Crippen LogP contribution in [0.4, 0.5) is 0 Å². The smallest absolute Gasteiger partial charge is 0.358 e. The largest absolute Gasteiger partial charge is 0.458 e. The summed E-state index contributed by atoms with van der Waals surface area (Å²) in [5, 5.41) is 2.67. The molecule has 1 aliphatic rings. The van der Waals surface area contributed by atoms with E-state index in [0.29, 0.717) is 17.7 Å². The Balaban J connectivity index is 1.87. The average Bonchev–Trinajstić information content (AvgIpc) is 2.81. The van der Waals surface area contributed by atoms with Gasteiger partial charge >= 0.3 is 5.97 Å². The van der Waals surface area contributed by atoms with Gasteiger partial charge in [-0.3, -0.25) is 0 Å². The minimum atomic E-state index is -0.288. The highest BCUT2D eigenvalue weighted by molar-refractivity contribution is 7.09. The molecule has 0 unspecified atom stereocenters. The Bertz CT molecular complexity index is 432. The van der Waals surface area contributed by atoms with Gasteiger partial charge < -0.3 is 10.5 Å². The topological polar surface area (TPSA) is 65.2 Å². The Morgan fingerprint density at radius 1 is 1.53 bits per heavy atom. The summed E-state index contributed by atoms with van der Waals surface area (Å²) in [6.45, 7) is 5.09. The zero-order valence-electron chi connectivity index (χ0n) is 11.6. The van der Waals surface area contributed by atoms with Crippen LogP contribution < -0.4 is 5.73 Å². The molecule has 106 valence electrons. The predicted octanol–water partition coefficient (Wildman–Crippen LogP) is 2.77. The number of thiazole rings is 1. The summed E-state index contributed by atoms with van der Waals surface area (Å²) >= 11 is 1.47. The van der Waals surface area contributed by atoms with Crippen molar-refractivity contribution >= 4 is 17.3 Å². The van der Waals surface area contributed by atoms with E-state index in [-0.39, 0.29) is 12.1 Å². The van der Waals surface area contributed by atoms with E-state index in [2.05, 4.69) is 18.8 Å². The van der Waals surface area contributed by atoms with Crippen LogP contribution in [0.5, 0.6) is 0 Å². The number of esters is 1. The fourth-order valence-electron chi connectivity index (χ4n) is 2.35. The maximum atomic E-state index is 12.0. The number of hydrogen-bond acceptors (Lipinski definition) is 5. The van der Waals surface area contributed by atoms with E-state index in [1.165, 1.54) is 11.3 Å². The highest BCUT2D eigenvalue weighted by Gasteiger charge is 2.29. The number of carbonyl (C=O) groups is 1. The van der Waals surface area contributed by atoms with Gasteiger partial charge in [0.25, 0.3) is 0 Å². The number of rotatable bonds is 4. The standard InChI is InChI=1S/C14H22N2O2S/c1-14(2)6-3-10(4-7-14)18-13(17)11-9-19-12(16-11)5-8-15/h9-10H,3-8,15H2,1-2H3. The van der Waals surface area contributed by atoms with Crippen LogP contribution in [0.2, 0.25) is 0 Å². The molecule has 4 nitrogen and oxygen atoms in total. The van der Waals surface area contributed by atoms with Crippen LogP contribution in [0.3, 0.4) is 0 Å². The van der Waals surface area contributed by atoms with Crippen molar-refractivity contribution in [3.05, 3.63) is 16.1 Å². The van der Waals surface area contributed by atoms with Gasteiger partial charge in [0.1, 0.15) is 6.10 Å². The normalized spacial score (nSPS) is 19.3. The lowest BCUT2D eigenvalue weighted by Crippen LogP contribution is -2.28. The second-order valence-electron chi connectivity index (χ2n) is 5.93. The molecule has 0 saturated heterocycles. The Labute approximate surface area is 118 Å². The van der Waals surface area contributed by atoms with Gasteiger partial charge in [-0.2, -0.15) is 0 Å². The number of nitrogens with zero attached hydrogens (tertiary/aromatic N) is 1. The van der Waals surface area contributed by atoms with Gasteiger partial charge in [0.15, 0.2) is 5.69 Å². The number of aromatic nitrogens is 1. The lowest BCUT2D eigenvalue weighted by molar-refractivity contribution is 0.00897. The van der Waals surface area contributed by atoms with Gasteiger partial charge in [-0.15, -0.1) is 11.3 Å². The Hall–Kier alpha value is -0.940. The fourth-order valence-corrected chi connectivity index (χ4v) is 3.13. The third-order valence-corrected chi connectivity index (χ3v) is 4.59. The summed E-state index contributed by atoms with van der Waals surface area (Å²) in [7, 11) is 0. The molecule has 0 atom stereocenters. The van der Waals surface area contributed by atoms with Gasteiger partial charge in [0.2, 0.25) is 0 Å². The molecule has 0 aromatic carbocycles. The summed E-state index contributed by atoms with van der Waals surface area (Å²) < 4.78 is 5.54. The van der Waals surface area contributed by atoms with Crippen LogP contribution >= 0.6 is 11.3 Å². The van der Waals surface area contributed by atoms with Crippen LogP contribution in [-0.4, -0.2) is 23.6 Å². The van der Waals surface area contributed by atoms with E-state index in [4.69, 9.17) is 10.5 Å². The Morgan fingerprint density at radius 3 is 2.84 bits per heavy atom. The first kappa shape index (κ1) is 14.5. The van der Waals surface area contributed by atoms with Crippen molar-refractivity contribution in [2.45, 2.75) is 52.1 Å². The van der Waals surface area contributed by atoms with Crippen molar-refractivity contribution in [1.29, 1.82) is 0 Å². The molecule has 1 aromatic rings. The van der Waals surface area contributed by atoms with E-state index in [1.54, 1.807) is 5.38 Å². The minimum absolute atomic E-state index is 0.0557. The third-order valence-electron chi connectivity index (χ3n) is 3.68. The van der Waals surface area contributed by atoms with Crippen LogP contribution in [0.25, 0.3) is 0 Å². The van der Waals surface area contributed by atoms with Crippen molar-refractivity contribution in [2.75, 3.05) is 6.54 Å². The maximum absolute atomic E-state index is 12.0. The molecule has 1 aromatic heterocycles. The lowest BCUT2D eigenvalue weighted by atomic mass is 9.76. The van der Waals surface area contributed by atoms with Crippen molar-refractivity contribution < 1.29 is 9.53 Å². The first-order chi connectivity index (χ1) is 9.00. The van der Waals surface area contributed by atoms with Crippen LogP contribution in [0.1, 0.15) is 55.0 Å². The molecule has 1 saturated carbocycles. The highest BCUT2D eigenvalue weighted by Crippen LogP contribution is 2.36. The molecule has 0 radical (unpaired) electrons. The Kier molecular flexibility index (Phi) is 4.58. The van der Waals surface area contributed by atoms with Crippen LogP contribution in [0, 0.1) is 5.41 Å². The Morgan fingerprint density at radius 2 is 2.21 bits per heavy atom. The summed E-state index contributed by atoms with van der Waals surface area (Å²) in [4.78, 5) is 16.2. The van der Waals surface area contributed by atoms with Crippen molar-refractivity contribution in [3.63, 3.8) is 0 Å². The molecule has 5 heteroatoms. The summed E-state index contributed by atoms with van der Waals surface area (Å²) in [5.41, 5.74) is 6.29. The highest BCUT2D eigenvalue weighted by atomic mass is 32.1. The van der Waals surface area contributed by atoms with E-state index < -0.39 is 0 Å². The number of ether oxygens (including phenoxy) is 1. The van der Waals surface area contributed by atoms with Gasteiger partial charge in [0.05, 0.1) is 5.01 Å². The molecule has 0 amide bonds. The second-order valence-corrected chi connectivity index (χ2v) is 6.88. The predicted molar refractivity (Wildman–Crippen MR) is 76.3 cm³/mol. The molecule has 0 aliphatic heterocycles. The zero-order chi connectivity index (χ0) is 13.9. The number of nitrogens with two attached hydrogens (primary N) is 1. The monoisotopic (exact) mass is 282 g/mol. The molecule has 0 bridgehead atoms. The van der Waals surface area contributed by atoms with Crippen molar-refractivity contribution in [3.8, 4) is 0 Å². The summed E-state index contributed by atoms with van der Waals surface area (Å²) in [5.74, 6) is -0.288. The molecule has 2 rings (SSSR count). The van der Waals surface area contributed by atoms with E-state index in [1.807, 2.05) is 0 Å². The fraction of sp³-hybridized carbons (Fsp3) is 0.714. The first-order valence-electron chi connectivity index (χ1n) is 6.86. The van der Waals surface area contributed by atoms with Crippen LogP contribution in [0.15, 0.2) is 5.38 Å². The average molecular weight is 282 g/mol. The molecule has 19 heavy (non-hydrogen) atoms. The minimum Gasteiger partial charge on any atom is -0.458 e. The molecular weight excluding hydrogens is 260 g/mol. The zero-order valence-corrected chi connectivity index (χ0v) is 12.5. The van der Waals surface area contributed by atoms with E-state index in [0.717, 1.165) is 37.1 Å². The molecule has 2 N–H and O–H groups in total. The SMILES string of the molecule is CC1(C)CCC(OC(=O)c2csc(CCN)n2)CC1. The number of hydrogen-bond donors (Lipinski definition) is 1. The molecule has 1 heterocycles. The number of carbonyl (C=O) groups excluding carboxylic acids is 1. The summed E-state index contributed by atoms with van der Waals surface area (Å²) in [6, 6.07) is 0. The first-order valence-corrected chi connectivity index (χ1v) is 7.73. The third kappa shape index (κ3) is 4.01. The quantitative estimate of drug-likeness (QED) is 0.862. The van der Waals surface area contributed by atoms with Crippen LogP contribution in [-0.2, 0) is 11.2 Å². The molecule has 1 fully saturated rings. The molecule has 1 aliphatic carbocycles. The van der Waals surface area contributed by atoms with Gasteiger partial charge in [-0.25, -0.2) is 9.78 Å². The lowest BCUT2D eigenvalue weighted by Gasteiger charge is -2.33. The van der Waals surface area contributed by atoms with Crippen molar-refractivity contribution in [1.82, 2.24) is 4.98 Å². The van der Waals surface area contributed by atoms with Gasteiger partial charge in [-0.1, -0.05) is 13.8 Å². The maximum Gasteiger partial charge on any atom is 0.358 e. The summed E-state index contributed by atoms with van der Waals surface area (Å²) in [6.07, 6.45) is 4.91. The van der Waals surface area contributed by atoms with Gasteiger partial charge in [0, 0.05) is 11.8 Å². The van der Waals surface area contributed by atoms with Crippen molar-refractivity contribution in [2.24, 2.45) is 11.1 Å². The molecular formula is C14H22N2O2S. The van der Waals surface area contributed by atoms with E-state index in [9.17, 15) is 4.79 Å².